The first kappa shape index (κ1) is 21.3. The number of rotatable bonds is 6. The molecule has 2 amide bonds. The number of hydrogen-bond donors (Lipinski definition) is 1. The minimum Gasteiger partial charge on any atom is -0.497 e. The average molecular weight is 460 g/mol. The van der Waals surface area contributed by atoms with Crippen LogP contribution in [0, 0.1) is 0 Å². The first-order chi connectivity index (χ1) is 16.2. The summed E-state index contributed by atoms with van der Waals surface area (Å²) >= 11 is 1.44. The molecule has 2 aliphatic rings. The van der Waals surface area contributed by atoms with Crippen LogP contribution in [-0.2, 0) is 9.59 Å². The number of benzene rings is 2. The van der Waals surface area contributed by atoms with E-state index in [9.17, 15) is 9.59 Å². The van der Waals surface area contributed by atoms with Gasteiger partial charge in [-0.3, -0.25) is 9.59 Å². The Labute approximate surface area is 197 Å². The van der Waals surface area contributed by atoms with Crippen molar-refractivity contribution in [2.45, 2.75) is 19.3 Å². The summed E-state index contributed by atoms with van der Waals surface area (Å²) in [6, 6.07) is 18.8. The molecular formula is C26H25N3O3S. The summed E-state index contributed by atoms with van der Waals surface area (Å²) in [6.07, 6.45) is 3.72. The summed E-state index contributed by atoms with van der Waals surface area (Å²) in [7, 11) is 1.56. The number of nitrogens with one attached hydrogen (secondary N) is 1. The number of piperidine rings is 1. The van der Waals surface area contributed by atoms with Crippen LogP contribution >= 0.6 is 11.3 Å². The highest BCUT2D eigenvalue weighted by atomic mass is 32.1. The molecule has 168 valence electrons. The summed E-state index contributed by atoms with van der Waals surface area (Å²) in [4.78, 5) is 31.3. The Morgan fingerprint density at radius 1 is 0.879 bits per heavy atom. The van der Waals surface area contributed by atoms with Gasteiger partial charge in [-0.1, -0.05) is 12.1 Å². The average Bonchev–Trinajstić information content (AvgIpc) is 3.46. The fraction of sp³-hybridized carbons (Fsp3) is 0.231. The van der Waals surface area contributed by atoms with E-state index >= 15 is 0 Å². The quantitative estimate of drug-likeness (QED) is 0.517. The molecule has 1 aromatic heterocycles. The summed E-state index contributed by atoms with van der Waals surface area (Å²) in [6.45, 7) is 2.14. The number of thiophene rings is 1. The number of nitrogens with zero attached hydrogens (tertiary/aromatic N) is 2. The highest BCUT2D eigenvalue weighted by molar-refractivity contribution is 7.11. The minimum absolute atomic E-state index is 0.288. The monoisotopic (exact) mass is 459 g/mol. The van der Waals surface area contributed by atoms with Crippen molar-refractivity contribution in [3.8, 4) is 5.75 Å². The van der Waals surface area contributed by atoms with Crippen LogP contribution in [-0.4, -0.2) is 32.0 Å². The van der Waals surface area contributed by atoms with Gasteiger partial charge in [-0.2, -0.15) is 0 Å². The molecule has 5 rings (SSSR count). The zero-order chi connectivity index (χ0) is 22.8. The van der Waals surface area contributed by atoms with E-state index in [1.165, 1.54) is 41.2 Å². The lowest BCUT2D eigenvalue weighted by molar-refractivity contribution is -0.120. The Kier molecular flexibility index (Phi) is 5.88. The van der Waals surface area contributed by atoms with Crippen molar-refractivity contribution in [1.82, 2.24) is 0 Å². The maximum absolute atomic E-state index is 13.5. The first-order valence-corrected chi connectivity index (χ1v) is 12.0. The van der Waals surface area contributed by atoms with Gasteiger partial charge in [0.2, 0.25) is 0 Å². The normalized spacial score (nSPS) is 16.5. The molecule has 0 aliphatic carbocycles. The van der Waals surface area contributed by atoms with E-state index in [1.54, 1.807) is 31.4 Å². The number of hydrogen-bond acceptors (Lipinski definition) is 6. The van der Waals surface area contributed by atoms with Crippen LogP contribution in [0.1, 0.15) is 24.1 Å². The maximum atomic E-state index is 13.5. The number of amides is 2. The maximum Gasteiger partial charge on any atom is 0.282 e. The molecule has 1 N–H and O–H groups in total. The molecule has 1 fully saturated rings. The van der Waals surface area contributed by atoms with E-state index in [2.05, 4.69) is 22.3 Å². The molecule has 3 aromatic rings. The van der Waals surface area contributed by atoms with Crippen LogP contribution < -0.4 is 19.9 Å². The number of carbonyl (C=O) groups is 2. The molecule has 0 saturated carbocycles. The first-order valence-electron chi connectivity index (χ1n) is 11.1. The van der Waals surface area contributed by atoms with E-state index < -0.39 is 0 Å². The van der Waals surface area contributed by atoms with Gasteiger partial charge in [0.1, 0.15) is 11.4 Å². The van der Waals surface area contributed by atoms with E-state index in [0.29, 0.717) is 17.0 Å². The Balaban J connectivity index is 1.47. The molecular weight excluding hydrogens is 434 g/mol. The van der Waals surface area contributed by atoms with Gasteiger partial charge in [-0.15, -0.1) is 11.3 Å². The van der Waals surface area contributed by atoms with Crippen LogP contribution in [0.3, 0.4) is 0 Å². The second-order valence-electron chi connectivity index (χ2n) is 8.09. The van der Waals surface area contributed by atoms with Gasteiger partial charge in [0.05, 0.1) is 18.4 Å². The molecule has 0 radical (unpaired) electrons. The summed E-state index contributed by atoms with van der Waals surface area (Å²) in [5, 5.41) is 5.14. The molecule has 1 saturated heterocycles. The third kappa shape index (κ3) is 4.12. The van der Waals surface area contributed by atoms with E-state index in [-0.39, 0.29) is 17.5 Å². The largest absolute Gasteiger partial charge is 0.497 e. The van der Waals surface area contributed by atoms with Gasteiger partial charge >= 0.3 is 0 Å². The third-order valence-electron chi connectivity index (χ3n) is 6.02. The molecule has 0 unspecified atom stereocenters. The van der Waals surface area contributed by atoms with Crippen LogP contribution in [0.2, 0.25) is 0 Å². The highest BCUT2D eigenvalue weighted by Gasteiger charge is 2.40. The lowest BCUT2D eigenvalue weighted by atomic mass is 10.1. The standard InChI is InChI=1S/C26H25N3O3S/c1-32-21-8-5-7-20(17-21)29-25(30)23(22-9-6-16-33-22)24(26(29)31)27-18-10-12-19(13-11-18)28-14-3-2-4-15-28/h5-13,16-17,27H,2-4,14-15H2,1H3. The molecule has 2 aromatic carbocycles. The highest BCUT2D eigenvalue weighted by Crippen LogP contribution is 2.36. The van der Waals surface area contributed by atoms with Gasteiger partial charge in [0.15, 0.2) is 0 Å². The summed E-state index contributed by atoms with van der Waals surface area (Å²) < 4.78 is 5.29. The predicted octanol–water partition coefficient (Wildman–Crippen LogP) is 5.14. The van der Waals surface area contributed by atoms with Crippen molar-refractivity contribution >= 4 is 45.8 Å². The molecule has 0 spiro atoms. The molecule has 6 nitrogen and oxygen atoms in total. The lowest BCUT2D eigenvalue weighted by Crippen LogP contribution is -2.32. The third-order valence-corrected chi connectivity index (χ3v) is 6.91. The van der Waals surface area contributed by atoms with Crippen LogP contribution in [0.5, 0.6) is 5.75 Å². The molecule has 33 heavy (non-hydrogen) atoms. The van der Waals surface area contributed by atoms with Crippen molar-refractivity contribution in [2.75, 3.05) is 35.3 Å². The van der Waals surface area contributed by atoms with Crippen molar-refractivity contribution in [3.05, 3.63) is 76.6 Å². The zero-order valence-corrected chi connectivity index (χ0v) is 19.2. The van der Waals surface area contributed by atoms with Gasteiger partial charge in [-0.05, 0) is 67.1 Å². The van der Waals surface area contributed by atoms with Gasteiger partial charge in [-0.25, -0.2) is 4.90 Å². The van der Waals surface area contributed by atoms with Gasteiger partial charge in [0.25, 0.3) is 11.8 Å². The van der Waals surface area contributed by atoms with Gasteiger partial charge in [0, 0.05) is 35.4 Å². The minimum atomic E-state index is -0.378. The summed E-state index contributed by atoms with van der Waals surface area (Å²) in [5.74, 6) is -0.139. The summed E-state index contributed by atoms with van der Waals surface area (Å²) in [5.41, 5.74) is 3.11. The predicted molar refractivity (Wildman–Crippen MR) is 133 cm³/mol. The smallest absolute Gasteiger partial charge is 0.282 e. The number of anilines is 3. The fourth-order valence-electron chi connectivity index (χ4n) is 4.33. The van der Waals surface area contributed by atoms with Crippen LogP contribution in [0.25, 0.3) is 5.57 Å². The topological polar surface area (TPSA) is 61.9 Å². The zero-order valence-electron chi connectivity index (χ0n) is 18.4. The fourth-order valence-corrected chi connectivity index (χ4v) is 5.10. The SMILES string of the molecule is COc1cccc(N2C(=O)C(Nc3ccc(N4CCCCC4)cc3)=C(c3cccs3)C2=O)c1. The molecule has 0 bridgehead atoms. The van der Waals surface area contributed by atoms with Crippen molar-refractivity contribution in [2.24, 2.45) is 0 Å². The second-order valence-corrected chi connectivity index (χ2v) is 9.04. The molecule has 2 aliphatic heterocycles. The Hall–Kier alpha value is -3.58. The second kappa shape index (κ2) is 9.11. The van der Waals surface area contributed by atoms with Crippen molar-refractivity contribution < 1.29 is 14.3 Å². The van der Waals surface area contributed by atoms with Crippen LogP contribution in [0.4, 0.5) is 17.1 Å². The van der Waals surface area contributed by atoms with Crippen LogP contribution in [0.15, 0.2) is 71.7 Å². The Morgan fingerprint density at radius 2 is 1.67 bits per heavy atom. The van der Waals surface area contributed by atoms with Crippen molar-refractivity contribution in [1.29, 1.82) is 0 Å². The number of methoxy groups -OCH3 is 1. The Bertz CT molecular complexity index is 1200. The number of imide groups is 1. The Morgan fingerprint density at radius 3 is 2.36 bits per heavy atom. The molecule has 3 heterocycles. The van der Waals surface area contributed by atoms with E-state index in [1.807, 2.05) is 29.6 Å². The van der Waals surface area contributed by atoms with Crippen molar-refractivity contribution in [3.63, 3.8) is 0 Å². The van der Waals surface area contributed by atoms with E-state index in [0.717, 1.165) is 23.7 Å². The number of carbonyl (C=O) groups excluding carboxylic acids is 2. The molecule has 7 heteroatoms. The number of ether oxygens (including phenoxy) is 1. The van der Waals surface area contributed by atoms with Gasteiger partial charge < -0.3 is 15.0 Å². The van der Waals surface area contributed by atoms with E-state index in [4.69, 9.17) is 4.74 Å². The molecule has 0 atom stereocenters. The lowest BCUT2D eigenvalue weighted by Gasteiger charge is -2.28.